The predicted octanol–water partition coefficient (Wildman–Crippen LogP) is 4.24. The Morgan fingerprint density at radius 2 is 1.64 bits per heavy atom. The fraction of sp³-hybridized carbons (Fsp3) is 0.190. The smallest absolute Gasteiger partial charge is 0.234 e. The van der Waals surface area contributed by atoms with Crippen LogP contribution in [0.5, 0.6) is 0 Å². The third-order valence-electron chi connectivity index (χ3n) is 4.08. The highest BCUT2D eigenvalue weighted by molar-refractivity contribution is 6.30. The molecule has 25 heavy (non-hydrogen) atoms. The molecule has 3 aromatic rings. The first-order chi connectivity index (χ1) is 12.1. The molecule has 3 rings (SSSR count). The van der Waals surface area contributed by atoms with Crippen molar-refractivity contribution in [2.45, 2.75) is 13.1 Å². The Kier molecular flexibility index (Phi) is 5.69. The topological polar surface area (TPSA) is 32.3 Å². The number of nitrogens with zero attached hydrogens (tertiary/aromatic N) is 1. The molecule has 3 nitrogen and oxygen atoms in total. The molecule has 0 spiro atoms. The van der Waals surface area contributed by atoms with E-state index in [0.717, 1.165) is 12.1 Å². The monoisotopic (exact) mass is 352 g/mol. The zero-order valence-electron chi connectivity index (χ0n) is 14.2. The molecule has 0 aromatic heterocycles. The molecule has 3 aromatic carbocycles. The molecule has 0 saturated carbocycles. The van der Waals surface area contributed by atoms with Crippen LogP contribution in [-0.4, -0.2) is 24.4 Å². The SMILES string of the molecule is CN(CC(=O)NCc1ccc(Cl)cc1)Cc1ccc2ccccc2c1. The summed E-state index contributed by atoms with van der Waals surface area (Å²) in [6.07, 6.45) is 0. The van der Waals surface area contributed by atoms with Gasteiger partial charge < -0.3 is 5.32 Å². The van der Waals surface area contributed by atoms with Gasteiger partial charge in [0.1, 0.15) is 0 Å². The number of likely N-dealkylation sites (N-methyl/N-ethyl adjacent to an activating group) is 1. The Morgan fingerprint density at radius 3 is 2.40 bits per heavy atom. The van der Waals surface area contributed by atoms with E-state index in [4.69, 9.17) is 11.6 Å². The summed E-state index contributed by atoms with van der Waals surface area (Å²) in [6, 6.07) is 22.2. The third-order valence-corrected chi connectivity index (χ3v) is 4.33. The number of hydrogen-bond acceptors (Lipinski definition) is 2. The van der Waals surface area contributed by atoms with Crippen LogP contribution in [0.1, 0.15) is 11.1 Å². The van der Waals surface area contributed by atoms with Gasteiger partial charge in [0.15, 0.2) is 0 Å². The first-order valence-electron chi connectivity index (χ1n) is 8.27. The summed E-state index contributed by atoms with van der Waals surface area (Å²) >= 11 is 5.86. The van der Waals surface area contributed by atoms with E-state index in [2.05, 4.69) is 35.6 Å². The van der Waals surface area contributed by atoms with Gasteiger partial charge in [0.05, 0.1) is 6.54 Å². The van der Waals surface area contributed by atoms with Gasteiger partial charge in [0, 0.05) is 18.1 Å². The minimum atomic E-state index is 0.0123. The van der Waals surface area contributed by atoms with Crippen molar-refractivity contribution in [3.8, 4) is 0 Å². The zero-order valence-corrected chi connectivity index (χ0v) is 15.0. The van der Waals surface area contributed by atoms with Gasteiger partial charge in [0.25, 0.3) is 0 Å². The Hall–Kier alpha value is -2.36. The minimum absolute atomic E-state index is 0.0123. The van der Waals surface area contributed by atoms with Crippen molar-refractivity contribution >= 4 is 28.3 Å². The maximum absolute atomic E-state index is 12.1. The number of amides is 1. The number of carbonyl (C=O) groups excluding carboxylic acids is 1. The lowest BCUT2D eigenvalue weighted by atomic mass is 10.1. The number of halogens is 1. The van der Waals surface area contributed by atoms with Gasteiger partial charge in [0.2, 0.25) is 5.91 Å². The lowest BCUT2D eigenvalue weighted by Crippen LogP contribution is -2.34. The van der Waals surface area contributed by atoms with Crippen LogP contribution in [0.25, 0.3) is 10.8 Å². The summed E-state index contributed by atoms with van der Waals surface area (Å²) in [5.74, 6) is 0.0123. The summed E-state index contributed by atoms with van der Waals surface area (Å²) in [5, 5.41) is 6.09. The average molecular weight is 353 g/mol. The van der Waals surface area contributed by atoms with Crippen molar-refractivity contribution in [1.82, 2.24) is 10.2 Å². The second-order valence-electron chi connectivity index (χ2n) is 6.26. The number of benzene rings is 3. The molecule has 0 heterocycles. The van der Waals surface area contributed by atoms with E-state index < -0.39 is 0 Å². The number of nitrogens with one attached hydrogen (secondary N) is 1. The summed E-state index contributed by atoms with van der Waals surface area (Å²) < 4.78 is 0. The number of carbonyl (C=O) groups is 1. The third kappa shape index (κ3) is 5.05. The number of rotatable bonds is 6. The fourth-order valence-electron chi connectivity index (χ4n) is 2.81. The van der Waals surface area contributed by atoms with Crippen LogP contribution >= 0.6 is 11.6 Å². The van der Waals surface area contributed by atoms with Crippen LogP contribution in [0.2, 0.25) is 5.02 Å². The van der Waals surface area contributed by atoms with E-state index in [9.17, 15) is 4.79 Å². The van der Waals surface area contributed by atoms with Gasteiger partial charge in [-0.15, -0.1) is 0 Å². The molecular weight excluding hydrogens is 332 g/mol. The second-order valence-corrected chi connectivity index (χ2v) is 6.69. The van der Waals surface area contributed by atoms with Gasteiger partial charge in [-0.3, -0.25) is 9.69 Å². The maximum atomic E-state index is 12.1. The molecule has 0 atom stereocenters. The first-order valence-corrected chi connectivity index (χ1v) is 8.65. The van der Waals surface area contributed by atoms with Crippen LogP contribution in [0.4, 0.5) is 0 Å². The zero-order chi connectivity index (χ0) is 17.6. The van der Waals surface area contributed by atoms with Crippen molar-refractivity contribution in [1.29, 1.82) is 0 Å². The molecule has 4 heteroatoms. The standard InChI is InChI=1S/C21H21ClN2O/c1-24(14-17-6-9-18-4-2-3-5-19(18)12-17)15-21(25)23-13-16-7-10-20(22)11-8-16/h2-12H,13-15H2,1H3,(H,23,25). The molecular formula is C21H21ClN2O. The number of fused-ring (bicyclic) bond motifs is 1. The van der Waals surface area contributed by atoms with Gasteiger partial charge in [-0.2, -0.15) is 0 Å². The Bertz CT molecular complexity index is 861. The highest BCUT2D eigenvalue weighted by atomic mass is 35.5. The first kappa shape index (κ1) is 17.5. The van der Waals surface area contributed by atoms with Gasteiger partial charge >= 0.3 is 0 Å². The van der Waals surface area contributed by atoms with E-state index in [1.54, 1.807) is 0 Å². The largest absolute Gasteiger partial charge is 0.351 e. The molecule has 0 saturated heterocycles. The molecule has 0 radical (unpaired) electrons. The maximum Gasteiger partial charge on any atom is 0.234 e. The Balaban J connectivity index is 1.51. The van der Waals surface area contributed by atoms with Crippen molar-refractivity contribution in [3.05, 3.63) is 82.9 Å². The van der Waals surface area contributed by atoms with Gasteiger partial charge in [-0.05, 0) is 47.1 Å². The normalized spacial score (nSPS) is 11.0. The molecule has 1 N–H and O–H groups in total. The fourth-order valence-corrected chi connectivity index (χ4v) is 2.93. The molecule has 0 aliphatic heterocycles. The van der Waals surface area contributed by atoms with Crippen LogP contribution in [0, 0.1) is 0 Å². The highest BCUT2D eigenvalue weighted by Crippen LogP contribution is 2.16. The summed E-state index contributed by atoms with van der Waals surface area (Å²) in [7, 11) is 1.96. The van der Waals surface area contributed by atoms with Gasteiger partial charge in [-0.1, -0.05) is 60.1 Å². The highest BCUT2D eigenvalue weighted by Gasteiger charge is 2.07. The van der Waals surface area contributed by atoms with Gasteiger partial charge in [-0.25, -0.2) is 0 Å². The molecule has 0 aliphatic carbocycles. The molecule has 0 fully saturated rings. The van der Waals surface area contributed by atoms with Crippen molar-refractivity contribution < 1.29 is 4.79 Å². The summed E-state index contributed by atoms with van der Waals surface area (Å²) in [5.41, 5.74) is 2.24. The Labute approximate surface area is 153 Å². The van der Waals surface area contributed by atoms with Crippen molar-refractivity contribution in [3.63, 3.8) is 0 Å². The molecule has 1 amide bonds. The lowest BCUT2D eigenvalue weighted by molar-refractivity contribution is -0.122. The molecule has 0 bridgehead atoms. The molecule has 0 unspecified atom stereocenters. The van der Waals surface area contributed by atoms with Crippen LogP contribution in [-0.2, 0) is 17.9 Å². The average Bonchev–Trinajstić information content (AvgIpc) is 2.61. The lowest BCUT2D eigenvalue weighted by Gasteiger charge is -2.17. The van der Waals surface area contributed by atoms with E-state index in [-0.39, 0.29) is 5.91 Å². The predicted molar refractivity (Wildman–Crippen MR) is 104 cm³/mol. The van der Waals surface area contributed by atoms with Crippen LogP contribution in [0.3, 0.4) is 0 Å². The van der Waals surface area contributed by atoms with E-state index in [1.807, 2.05) is 48.3 Å². The molecule has 0 aliphatic rings. The quantitative estimate of drug-likeness (QED) is 0.719. The van der Waals surface area contributed by atoms with Crippen LogP contribution in [0.15, 0.2) is 66.7 Å². The Morgan fingerprint density at radius 1 is 0.960 bits per heavy atom. The van der Waals surface area contributed by atoms with E-state index >= 15 is 0 Å². The minimum Gasteiger partial charge on any atom is -0.351 e. The summed E-state index contributed by atoms with van der Waals surface area (Å²) in [4.78, 5) is 14.1. The van der Waals surface area contributed by atoms with E-state index in [0.29, 0.717) is 18.1 Å². The van der Waals surface area contributed by atoms with Crippen LogP contribution < -0.4 is 5.32 Å². The van der Waals surface area contributed by atoms with Crippen molar-refractivity contribution in [2.24, 2.45) is 0 Å². The second kappa shape index (κ2) is 8.15. The van der Waals surface area contributed by atoms with Crippen molar-refractivity contribution in [2.75, 3.05) is 13.6 Å². The summed E-state index contributed by atoms with van der Waals surface area (Å²) in [6.45, 7) is 1.61. The molecule has 128 valence electrons. The van der Waals surface area contributed by atoms with E-state index in [1.165, 1.54) is 16.3 Å². The number of hydrogen-bond donors (Lipinski definition) is 1.